The third-order valence-electron chi connectivity index (χ3n) is 5.54. The molecule has 0 saturated carbocycles. The molecule has 4 rings (SSSR count). The van der Waals surface area contributed by atoms with Gasteiger partial charge in [0.25, 0.3) is 5.91 Å². The maximum Gasteiger partial charge on any atom is 0.417 e. The molecule has 1 amide bonds. The minimum Gasteiger partial charge on any atom is -0.356 e. The fraction of sp³-hybridized carbons (Fsp3) is 0.364. The summed E-state index contributed by atoms with van der Waals surface area (Å²) in [5.41, 5.74) is 0.541. The fourth-order valence-corrected chi connectivity index (χ4v) is 3.84. The number of nitrogens with zero attached hydrogens (tertiary/aromatic N) is 5. The number of carbonyl (C=O) groups is 1. The zero-order valence-corrected chi connectivity index (χ0v) is 17.5. The molecule has 7 nitrogen and oxygen atoms in total. The van der Waals surface area contributed by atoms with Crippen LogP contribution in [0.1, 0.15) is 41.4 Å². The second kappa shape index (κ2) is 8.97. The van der Waals surface area contributed by atoms with Gasteiger partial charge in [-0.1, -0.05) is 13.0 Å². The molecule has 1 aliphatic heterocycles. The number of hydrogen-bond acceptors (Lipinski definition) is 5. The van der Waals surface area contributed by atoms with E-state index in [1.807, 2.05) is 30.0 Å². The third kappa shape index (κ3) is 4.58. The van der Waals surface area contributed by atoms with E-state index in [4.69, 9.17) is 0 Å². The van der Waals surface area contributed by atoms with Crippen LogP contribution in [0.3, 0.4) is 0 Å². The van der Waals surface area contributed by atoms with Crippen molar-refractivity contribution in [2.45, 2.75) is 38.4 Å². The number of amides is 1. The first-order valence-corrected chi connectivity index (χ1v) is 10.4. The zero-order chi connectivity index (χ0) is 22.7. The molecular formula is C22H23F3N6O. The highest BCUT2D eigenvalue weighted by Gasteiger charge is 2.31. The van der Waals surface area contributed by atoms with Crippen LogP contribution in [0, 0.1) is 0 Å². The van der Waals surface area contributed by atoms with Crippen LogP contribution in [0.4, 0.5) is 19.0 Å². The number of anilines is 1. The van der Waals surface area contributed by atoms with E-state index in [9.17, 15) is 18.0 Å². The standard InChI is InChI=1S/C22H23F3N6O/c1-2-18-17(14-28-31(18)20-5-3-4-10-26-20)21(32)29-16-8-11-30(12-9-16)19-7-6-15(13-27-19)22(23,24)25/h3-7,10,13-14,16H,2,8-9,11-12H2,1H3,(H,29,32). The van der Waals surface area contributed by atoms with E-state index in [-0.39, 0.29) is 11.9 Å². The monoisotopic (exact) mass is 444 g/mol. The van der Waals surface area contributed by atoms with Crippen LogP contribution in [-0.4, -0.2) is 44.8 Å². The minimum absolute atomic E-state index is 0.0314. The van der Waals surface area contributed by atoms with Crippen LogP contribution in [0.5, 0.6) is 0 Å². The van der Waals surface area contributed by atoms with E-state index in [0.29, 0.717) is 49.6 Å². The van der Waals surface area contributed by atoms with Crippen LogP contribution >= 0.6 is 0 Å². The van der Waals surface area contributed by atoms with Gasteiger partial charge in [0.15, 0.2) is 5.82 Å². The number of piperidine rings is 1. The average Bonchev–Trinajstić information content (AvgIpc) is 3.24. The third-order valence-corrected chi connectivity index (χ3v) is 5.54. The molecule has 0 unspecified atom stereocenters. The van der Waals surface area contributed by atoms with Crippen molar-refractivity contribution in [1.82, 2.24) is 25.1 Å². The van der Waals surface area contributed by atoms with Gasteiger partial charge in [-0.25, -0.2) is 14.6 Å². The maximum atomic E-state index is 12.9. The van der Waals surface area contributed by atoms with E-state index in [2.05, 4.69) is 20.4 Å². The number of nitrogens with one attached hydrogen (secondary N) is 1. The Morgan fingerprint density at radius 3 is 2.47 bits per heavy atom. The lowest BCUT2D eigenvalue weighted by Crippen LogP contribution is -2.45. The number of rotatable bonds is 5. The van der Waals surface area contributed by atoms with Crippen molar-refractivity contribution in [1.29, 1.82) is 0 Å². The average molecular weight is 444 g/mol. The number of pyridine rings is 2. The summed E-state index contributed by atoms with van der Waals surface area (Å²) < 4.78 is 39.8. The Morgan fingerprint density at radius 2 is 1.88 bits per heavy atom. The second-order valence-corrected chi connectivity index (χ2v) is 7.60. The first kappa shape index (κ1) is 21.8. The van der Waals surface area contributed by atoms with E-state index >= 15 is 0 Å². The molecule has 0 aromatic carbocycles. The van der Waals surface area contributed by atoms with Crippen molar-refractivity contribution >= 4 is 11.7 Å². The molecular weight excluding hydrogens is 421 g/mol. The van der Waals surface area contributed by atoms with E-state index in [0.717, 1.165) is 18.0 Å². The van der Waals surface area contributed by atoms with Gasteiger partial charge in [0.05, 0.1) is 23.0 Å². The van der Waals surface area contributed by atoms with E-state index < -0.39 is 11.7 Å². The summed E-state index contributed by atoms with van der Waals surface area (Å²) in [4.78, 5) is 23.1. The molecule has 3 aromatic rings. The molecule has 4 heterocycles. The summed E-state index contributed by atoms with van der Waals surface area (Å²) in [6, 6.07) is 7.92. The highest BCUT2D eigenvalue weighted by atomic mass is 19.4. The van der Waals surface area contributed by atoms with Crippen molar-refractivity contribution in [3.63, 3.8) is 0 Å². The van der Waals surface area contributed by atoms with Gasteiger partial charge in [-0.2, -0.15) is 18.3 Å². The van der Waals surface area contributed by atoms with Crippen LogP contribution in [0.2, 0.25) is 0 Å². The molecule has 0 spiro atoms. The SMILES string of the molecule is CCc1c(C(=O)NC2CCN(c3ccc(C(F)(F)F)cn3)CC2)cnn1-c1ccccn1. The fourth-order valence-electron chi connectivity index (χ4n) is 3.84. The van der Waals surface area contributed by atoms with Crippen LogP contribution < -0.4 is 10.2 Å². The van der Waals surface area contributed by atoms with Crippen molar-refractivity contribution in [2.75, 3.05) is 18.0 Å². The number of hydrogen-bond donors (Lipinski definition) is 1. The van der Waals surface area contributed by atoms with Crippen molar-refractivity contribution in [3.05, 3.63) is 65.7 Å². The lowest BCUT2D eigenvalue weighted by atomic mass is 10.0. The zero-order valence-electron chi connectivity index (χ0n) is 17.5. The first-order valence-electron chi connectivity index (χ1n) is 10.4. The Bertz CT molecular complexity index is 1060. The Balaban J connectivity index is 1.37. The van der Waals surface area contributed by atoms with Crippen LogP contribution in [-0.2, 0) is 12.6 Å². The van der Waals surface area contributed by atoms with Gasteiger partial charge in [-0.3, -0.25) is 4.79 Å². The minimum atomic E-state index is -4.40. The molecule has 1 aliphatic rings. The molecule has 1 N–H and O–H groups in total. The van der Waals surface area contributed by atoms with Gasteiger partial charge < -0.3 is 10.2 Å². The highest BCUT2D eigenvalue weighted by Crippen LogP contribution is 2.29. The predicted molar refractivity (Wildman–Crippen MR) is 113 cm³/mol. The molecule has 0 bridgehead atoms. The normalized spacial score (nSPS) is 15.1. The summed E-state index contributed by atoms with van der Waals surface area (Å²) >= 11 is 0. The molecule has 0 radical (unpaired) electrons. The summed E-state index contributed by atoms with van der Waals surface area (Å²) in [7, 11) is 0. The molecule has 0 atom stereocenters. The van der Waals surface area contributed by atoms with E-state index in [1.54, 1.807) is 17.1 Å². The summed E-state index contributed by atoms with van der Waals surface area (Å²) in [6.45, 7) is 3.15. The molecule has 168 valence electrons. The molecule has 1 fully saturated rings. The van der Waals surface area contributed by atoms with Gasteiger partial charge in [-0.05, 0) is 43.5 Å². The number of carbonyl (C=O) groups excluding carboxylic acids is 1. The Labute approximate surface area is 183 Å². The smallest absolute Gasteiger partial charge is 0.356 e. The van der Waals surface area contributed by atoms with Crippen molar-refractivity contribution in [2.24, 2.45) is 0 Å². The van der Waals surface area contributed by atoms with Gasteiger partial charge in [0.1, 0.15) is 5.82 Å². The summed E-state index contributed by atoms with van der Waals surface area (Å²) in [5.74, 6) is 0.976. The molecule has 3 aromatic heterocycles. The number of halogens is 3. The summed E-state index contributed by atoms with van der Waals surface area (Å²) in [6.07, 6.45) is 1.66. The largest absolute Gasteiger partial charge is 0.417 e. The quantitative estimate of drug-likeness (QED) is 0.650. The first-order chi connectivity index (χ1) is 15.4. The topological polar surface area (TPSA) is 75.9 Å². The maximum absolute atomic E-state index is 12.9. The highest BCUT2D eigenvalue weighted by molar-refractivity contribution is 5.95. The predicted octanol–water partition coefficient (Wildman–Crippen LogP) is 3.64. The molecule has 10 heteroatoms. The van der Waals surface area contributed by atoms with Gasteiger partial charge in [0, 0.05) is 31.5 Å². The van der Waals surface area contributed by atoms with Crippen molar-refractivity contribution in [3.8, 4) is 5.82 Å². The Hall–Kier alpha value is -3.43. The van der Waals surface area contributed by atoms with Gasteiger partial charge in [-0.15, -0.1) is 0 Å². The molecule has 0 aliphatic carbocycles. The number of alkyl halides is 3. The van der Waals surface area contributed by atoms with Crippen molar-refractivity contribution < 1.29 is 18.0 Å². The lowest BCUT2D eigenvalue weighted by molar-refractivity contribution is -0.137. The van der Waals surface area contributed by atoms with E-state index in [1.165, 1.54) is 6.07 Å². The molecule has 1 saturated heterocycles. The second-order valence-electron chi connectivity index (χ2n) is 7.60. The van der Waals surface area contributed by atoms with Gasteiger partial charge in [0.2, 0.25) is 0 Å². The summed E-state index contributed by atoms with van der Waals surface area (Å²) in [5, 5.41) is 7.41. The Kier molecular flexibility index (Phi) is 6.11. The van der Waals surface area contributed by atoms with Crippen LogP contribution in [0.25, 0.3) is 5.82 Å². The lowest BCUT2D eigenvalue weighted by Gasteiger charge is -2.33. The molecule has 32 heavy (non-hydrogen) atoms. The Morgan fingerprint density at radius 1 is 1.09 bits per heavy atom. The van der Waals surface area contributed by atoms with Crippen LogP contribution in [0.15, 0.2) is 48.9 Å². The van der Waals surface area contributed by atoms with Gasteiger partial charge >= 0.3 is 6.18 Å². The number of aromatic nitrogens is 4.